The Morgan fingerprint density at radius 2 is 1.71 bits per heavy atom. The van der Waals surface area contributed by atoms with Crippen LogP contribution in [0, 0.1) is 20.8 Å². The lowest BCUT2D eigenvalue weighted by molar-refractivity contribution is 0.550. The molecule has 1 unspecified atom stereocenters. The van der Waals surface area contributed by atoms with Gasteiger partial charge in [-0.3, -0.25) is 11.3 Å². The van der Waals surface area contributed by atoms with Gasteiger partial charge in [0.25, 0.3) is 0 Å². The Labute approximate surface area is 136 Å². The summed E-state index contributed by atoms with van der Waals surface area (Å²) in [5, 5.41) is 1.11. The van der Waals surface area contributed by atoms with Gasteiger partial charge in [0.1, 0.15) is 0 Å². The van der Waals surface area contributed by atoms with Gasteiger partial charge in [-0.05, 0) is 55.5 Å². The molecule has 0 radical (unpaired) electrons. The molecule has 0 aliphatic heterocycles. The molecule has 0 aliphatic carbocycles. The van der Waals surface area contributed by atoms with E-state index in [-0.39, 0.29) is 6.04 Å². The Hall–Kier alpha value is -1.06. The number of hydrogen-bond donors (Lipinski definition) is 2. The molecule has 0 saturated heterocycles. The van der Waals surface area contributed by atoms with Gasteiger partial charge in [0, 0.05) is 0 Å². The maximum atomic E-state index is 6.31. The molecule has 0 saturated carbocycles. The summed E-state index contributed by atoms with van der Waals surface area (Å²) in [5.41, 5.74) is 8.88. The smallest absolute Gasteiger partial charge is 0.0640 e. The van der Waals surface area contributed by atoms with Crippen molar-refractivity contribution < 1.29 is 0 Å². The van der Waals surface area contributed by atoms with Gasteiger partial charge in [-0.1, -0.05) is 53.0 Å². The molecule has 2 aromatic carbocycles. The summed E-state index contributed by atoms with van der Waals surface area (Å²) in [6.07, 6.45) is 0.772. The van der Waals surface area contributed by atoms with Crippen molar-refractivity contribution in [2.24, 2.45) is 5.84 Å². The number of nitrogens with two attached hydrogens (primary N) is 1. The van der Waals surface area contributed by atoms with Gasteiger partial charge in [0.15, 0.2) is 0 Å². The third-order valence-electron chi connectivity index (χ3n) is 3.81. The van der Waals surface area contributed by atoms with Crippen LogP contribution in [0.1, 0.15) is 33.9 Å². The van der Waals surface area contributed by atoms with Crippen LogP contribution in [-0.2, 0) is 6.42 Å². The lowest BCUT2D eigenvalue weighted by Crippen LogP contribution is -2.30. The second-order valence-corrected chi connectivity index (χ2v) is 6.23. The lowest BCUT2D eigenvalue weighted by atomic mass is 9.92. The monoisotopic (exact) mass is 322 g/mol. The van der Waals surface area contributed by atoms with Crippen LogP contribution in [0.15, 0.2) is 30.3 Å². The highest BCUT2D eigenvalue weighted by Gasteiger charge is 2.17. The molecule has 4 heteroatoms. The molecular weight excluding hydrogens is 303 g/mol. The molecule has 0 amide bonds. The van der Waals surface area contributed by atoms with Crippen molar-refractivity contribution in [1.29, 1.82) is 0 Å². The summed E-state index contributed by atoms with van der Waals surface area (Å²) in [5.74, 6) is 5.75. The number of hydrogen-bond acceptors (Lipinski definition) is 2. The fourth-order valence-electron chi connectivity index (χ4n) is 2.78. The standard InChI is InChI=1S/C17H20Cl2N2/c1-10-7-11(2)14(12(3)8-10)9-16(21-20)13-5-4-6-15(18)17(13)19/h4-8,16,21H,9,20H2,1-3H3. The van der Waals surface area contributed by atoms with Crippen molar-refractivity contribution >= 4 is 23.2 Å². The van der Waals surface area contributed by atoms with Crippen LogP contribution in [0.25, 0.3) is 0 Å². The molecule has 21 heavy (non-hydrogen) atoms. The summed E-state index contributed by atoms with van der Waals surface area (Å²) in [7, 11) is 0. The molecule has 0 fully saturated rings. The van der Waals surface area contributed by atoms with Gasteiger partial charge in [0.05, 0.1) is 16.1 Å². The number of rotatable bonds is 4. The number of benzene rings is 2. The minimum Gasteiger partial charge on any atom is -0.271 e. The normalized spacial score (nSPS) is 12.5. The molecule has 0 heterocycles. The van der Waals surface area contributed by atoms with Crippen molar-refractivity contribution in [3.05, 3.63) is 68.2 Å². The average molecular weight is 323 g/mol. The molecule has 0 bridgehead atoms. The Bertz CT molecular complexity index is 630. The van der Waals surface area contributed by atoms with Crippen LogP contribution in [0.2, 0.25) is 10.0 Å². The summed E-state index contributed by atoms with van der Waals surface area (Å²) >= 11 is 12.4. The molecule has 0 aliphatic rings. The van der Waals surface area contributed by atoms with Crippen molar-refractivity contribution in [3.63, 3.8) is 0 Å². The first-order valence-corrected chi connectivity index (χ1v) is 7.66. The van der Waals surface area contributed by atoms with E-state index in [9.17, 15) is 0 Å². The van der Waals surface area contributed by atoms with E-state index in [0.717, 1.165) is 12.0 Å². The van der Waals surface area contributed by atoms with E-state index in [1.807, 2.05) is 12.1 Å². The zero-order valence-electron chi connectivity index (χ0n) is 12.5. The Morgan fingerprint density at radius 3 is 2.29 bits per heavy atom. The quantitative estimate of drug-likeness (QED) is 0.634. The highest BCUT2D eigenvalue weighted by Crippen LogP contribution is 2.32. The third kappa shape index (κ3) is 3.58. The molecule has 3 N–H and O–H groups in total. The molecule has 1 atom stereocenters. The van der Waals surface area contributed by atoms with Gasteiger partial charge in [-0.15, -0.1) is 0 Å². The minimum atomic E-state index is -0.0729. The lowest BCUT2D eigenvalue weighted by Gasteiger charge is -2.21. The predicted octanol–water partition coefficient (Wildman–Crippen LogP) is 4.67. The van der Waals surface area contributed by atoms with Crippen molar-refractivity contribution in [3.8, 4) is 0 Å². The Morgan fingerprint density at radius 1 is 1.10 bits per heavy atom. The van der Waals surface area contributed by atoms with Crippen LogP contribution < -0.4 is 11.3 Å². The second-order valence-electron chi connectivity index (χ2n) is 5.44. The van der Waals surface area contributed by atoms with Gasteiger partial charge in [0.2, 0.25) is 0 Å². The molecule has 0 spiro atoms. The summed E-state index contributed by atoms with van der Waals surface area (Å²) < 4.78 is 0. The maximum Gasteiger partial charge on any atom is 0.0640 e. The van der Waals surface area contributed by atoms with Gasteiger partial charge in [-0.2, -0.15) is 0 Å². The zero-order chi connectivity index (χ0) is 15.6. The second kappa shape index (κ2) is 6.80. The summed E-state index contributed by atoms with van der Waals surface area (Å²) in [6, 6.07) is 9.94. The number of halogens is 2. The van der Waals surface area contributed by atoms with Gasteiger partial charge < -0.3 is 0 Å². The number of nitrogens with one attached hydrogen (secondary N) is 1. The summed E-state index contributed by atoms with van der Waals surface area (Å²) in [6.45, 7) is 6.36. The third-order valence-corrected chi connectivity index (χ3v) is 4.64. The van der Waals surface area contributed by atoms with Gasteiger partial charge >= 0.3 is 0 Å². The molecular formula is C17H20Cl2N2. The molecule has 2 rings (SSSR count). The highest BCUT2D eigenvalue weighted by atomic mass is 35.5. The Kier molecular flexibility index (Phi) is 5.28. The highest BCUT2D eigenvalue weighted by molar-refractivity contribution is 6.42. The van der Waals surface area contributed by atoms with E-state index >= 15 is 0 Å². The molecule has 2 nitrogen and oxygen atoms in total. The van der Waals surface area contributed by atoms with Crippen LogP contribution in [0.3, 0.4) is 0 Å². The SMILES string of the molecule is Cc1cc(C)c(CC(NN)c2cccc(Cl)c2Cl)c(C)c1. The van der Waals surface area contributed by atoms with Gasteiger partial charge in [-0.25, -0.2) is 0 Å². The van der Waals surface area contributed by atoms with Crippen LogP contribution in [0.5, 0.6) is 0 Å². The van der Waals surface area contributed by atoms with E-state index in [0.29, 0.717) is 10.0 Å². The van der Waals surface area contributed by atoms with Crippen LogP contribution in [0.4, 0.5) is 0 Å². The average Bonchev–Trinajstić information content (AvgIpc) is 2.42. The van der Waals surface area contributed by atoms with E-state index in [2.05, 4.69) is 38.3 Å². The molecule has 0 aromatic heterocycles. The number of aryl methyl sites for hydroxylation is 3. The first-order chi connectivity index (χ1) is 9.93. The zero-order valence-corrected chi connectivity index (χ0v) is 14.0. The number of hydrazine groups is 1. The van der Waals surface area contributed by atoms with Crippen molar-refractivity contribution in [1.82, 2.24) is 5.43 Å². The minimum absolute atomic E-state index is 0.0729. The van der Waals surface area contributed by atoms with E-state index < -0.39 is 0 Å². The first-order valence-electron chi connectivity index (χ1n) is 6.90. The van der Waals surface area contributed by atoms with E-state index in [1.165, 1.54) is 22.3 Å². The van der Waals surface area contributed by atoms with Crippen LogP contribution >= 0.6 is 23.2 Å². The largest absolute Gasteiger partial charge is 0.271 e. The summed E-state index contributed by atoms with van der Waals surface area (Å²) in [4.78, 5) is 0. The van der Waals surface area contributed by atoms with Crippen molar-refractivity contribution in [2.75, 3.05) is 0 Å². The first kappa shape index (κ1) is 16.3. The fourth-order valence-corrected chi connectivity index (χ4v) is 3.22. The maximum absolute atomic E-state index is 6.31. The Balaban J connectivity index is 2.38. The fraction of sp³-hybridized carbons (Fsp3) is 0.294. The topological polar surface area (TPSA) is 38.0 Å². The molecule has 2 aromatic rings. The molecule has 112 valence electrons. The van der Waals surface area contributed by atoms with E-state index in [4.69, 9.17) is 29.0 Å². The van der Waals surface area contributed by atoms with Crippen LogP contribution in [-0.4, -0.2) is 0 Å². The predicted molar refractivity (Wildman–Crippen MR) is 90.9 cm³/mol. The van der Waals surface area contributed by atoms with Crippen molar-refractivity contribution in [2.45, 2.75) is 33.2 Å². The van der Waals surface area contributed by atoms with E-state index in [1.54, 1.807) is 6.07 Å².